The molecule has 0 atom stereocenters. The maximum absolute atomic E-state index is 13.9. The molecule has 0 aromatic heterocycles. The number of benzene rings is 2. The van der Waals surface area contributed by atoms with E-state index in [1.807, 2.05) is 24.3 Å². The van der Waals surface area contributed by atoms with Gasteiger partial charge < -0.3 is 10.1 Å². The van der Waals surface area contributed by atoms with Crippen molar-refractivity contribution < 1.29 is 22.3 Å². The number of rotatable bonds is 9. The molecule has 0 bridgehead atoms. The fourth-order valence-corrected chi connectivity index (χ4v) is 3.48. The van der Waals surface area contributed by atoms with E-state index in [9.17, 15) is 17.6 Å². The third-order valence-corrected chi connectivity index (χ3v) is 5.09. The molecule has 2 rings (SSSR count). The largest absolute Gasteiger partial charge is 0.380 e. The number of nitrogens with one attached hydrogen (secondary N) is 2. The van der Waals surface area contributed by atoms with Gasteiger partial charge in [-0.15, -0.1) is 6.58 Å². The molecule has 0 saturated heterocycles. The van der Waals surface area contributed by atoms with Crippen LogP contribution in [0.25, 0.3) is 0 Å². The Bertz CT molecular complexity index is 929. The molecule has 2 aromatic carbocycles. The van der Waals surface area contributed by atoms with Crippen molar-refractivity contribution in [3.8, 4) is 0 Å². The number of ether oxygens (including phenoxy) is 1. The molecule has 0 aliphatic heterocycles. The summed E-state index contributed by atoms with van der Waals surface area (Å²) >= 11 is 0. The van der Waals surface area contributed by atoms with Gasteiger partial charge in [0.05, 0.1) is 6.61 Å². The van der Waals surface area contributed by atoms with E-state index in [0.717, 1.165) is 23.3 Å². The summed E-state index contributed by atoms with van der Waals surface area (Å²) in [6, 6.07) is 10.7. The van der Waals surface area contributed by atoms with Crippen LogP contribution >= 0.6 is 0 Å². The van der Waals surface area contributed by atoms with Gasteiger partial charge in [-0.2, -0.15) is 0 Å². The van der Waals surface area contributed by atoms with Crippen LogP contribution in [0.3, 0.4) is 0 Å². The van der Waals surface area contributed by atoms with Crippen LogP contribution < -0.4 is 10.0 Å². The third-order valence-electron chi connectivity index (χ3n) is 3.66. The quantitative estimate of drug-likeness (QED) is 0.642. The molecule has 8 heteroatoms. The number of sulfonamides is 1. The van der Waals surface area contributed by atoms with Gasteiger partial charge in [-0.1, -0.05) is 30.3 Å². The number of carbonyl (C=O) groups excluding carboxylic acids is 1. The molecule has 0 saturated carbocycles. The van der Waals surface area contributed by atoms with E-state index in [0.29, 0.717) is 6.61 Å². The first-order valence-electron chi connectivity index (χ1n) is 8.12. The third kappa shape index (κ3) is 5.72. The van der Waals surface area contributed by atoms with Crippen molar-refractivity contribution in [3.05, 3.63) is 77.6 Å². The Morgan fingerprint density at radius 3 is 2.67 bits per heavy atom. The highest BCUT2D eigenvalue weighted by Gasteiger charge is 2.20. The lowest BCUT2D eigenvalue weighted by molar-refractivity contribution is 0.0950. The van der Waals surface area contributed by atoms with Crippen LogP contribution in [-0.4, -0.2) is 28.0 Å². The maximum Gasteiger partial charge on any atom is 0.251 e. The molecule has 0 fully saturated rings. The first-order chi connectivity index (χ1) is 12.9. The monoisotopic (exact) mass is 392 g/mol. The molecule has 0 unspecified atom stereocenters. The first-order valence-corrected chi connectivity index (χ1v) is 9.60. The van der Waals surface area contributed by atoms with Gasteiger partial charge in [0.2, 0.25) is 10.0 Å². The van der Waals surface area contributed by atoms with E-state index in [1.54, 1.807) is 7.11 Å². The minimum absolute atomic E-state index is 0.0448. The van der Waals surface area contributed by atoms with Gasteiger partial charge in [0.15, 0.2) is 0 Å². The highest BCUT2D eigenvalue weighted by atomic mass is 32.2. The molecule has 144 valence electrons. The van der Waals surface area contributed by atoms with Crippen molar-refractivity contribution in [2.75, 3.05) is 13.7 Å². The van der Waals surface area contributed by atoms with Gasteiger partial charge in [0, 0.05) is 25.8 Å². The Morgan fingerprint density at radius 1 is 1.22 bits per heavy atom. The fourth-order valence-electron chi connectivity index (χ4n) is 2.38. The summed E-state index contributed by atoms with van der Waals surface area (Å²) in [5.74, 6) is -1.44. The molecule has 0 aliphatic rings. The van der Waals surface area contributed by atoms with E-state index in [-0.39, 0.29) is 18.7 Å². The van der Waals surface area contributed by atoms with E-state index >= 15 is 0 Å². The minimum Gasteiger partial charge on any atom is -0.380 e. The van der Waals surface area contributed by atoms with Crippen LogP contribution in [0.2, 0.25) is 0 Å². The van der Waals surface area contributed by atoms with Crippen molar-refractivity contribution in [1.82, 2.24) is 10.0 Å². The van der Waals surface area contributed by atoms with Gasteiger partial charge in [0.1, 0.15) is 10.7 Å². The Labute approximate surface area is 158 Å². The highest BCUT2D eigenvalue weighted by molar-refractivity contribution is 7.89. The second kappa shape index (κ2) is 9.40. The standard InChI is InChI=1S/C19H21FN2O4S/c1-3-9-22-27(24,25)18-11-16(7-8-17(18)20)19(23)21-12-14-5-4-6-15(10-14)13-26-2/h3-8,10-11,22H,1,9,12-13H2,2H3,(H,21,23). The number of hydrogen-bond acceptors (Lipinski definition) is 4. The van der Waals surface area contributed by atoms with Gasteiger partial charge in [-0.25, -0.2) is 17.5 Å². The smallest absolute Gasteiger partial charge is 0.251 e. The molecule has 27 heavy (non-hydrogen) atoms. The zero-order valence-electron chi connectivity index (χ0n) is 14.9. The highest BCUT2D eigenvalue weighted by Crippen LogP contribution is 2.16. The Hall–Kier alpha value is -2.55. The molecular weight excluding hydrogens is 371 g/mol. The van der Waals surface area contributed by atoms with Crippen LogP contribution in [0.15, 0.2) is 60.0 Å². The molecule has 6 nitrogen and oxygen atoms in total. The molecule has 0 aliphatic carbocycles. The molecule has 0 radical (unpaired) electrons. The molecule has 2 aromatic rings. The van der Waals surface area contributed by atoms with Crippen molar-refractivity contribution in [2.45, 2.75) is 18.0 Å². The molecule has 0 heterocycles. The zero-order valence-corrected chi connectivity index (χ0v) is 15.7. The van der Waals surface area contributed by atoms with Crippen LogP contribution in [0.5, 0.6) is 0 Å². The van der Waals surface area contributed by atoms with Crippen LogP contribution in [0, 0.1) is 5.82 Å². The SMILES string of the molecule is C=CCNS(=O)(=O)c1cc(C(=O)NCc2cccc(COC)c2)ccc1F. The zero-order chi connectivity index (χ0) is 19.9. The van der Waals surface area contributed by atoms with Gasteiger partial charge in [-0.3, -0.25) is 4.79 Å². The van der Waals surface area contributed by atoms with Crippen LogP contribution in [0.4, 0.5) is 4.39 Å². The first kappa shape index (κ1) is 20.8. The summed E-state index contributed by atoms with van der Waals surface area (Å²) in [6.45, 7) is 4.06. The lowest BCUT2D eigenvalue weighted by atomic mass is 10.1. The summed E-state index contributed by atoms with van der Waals surface area (Å²) in [6.07, 6.45) is 1.34. The number of hydrogen-bond donors (Lipinski definition) is 2. The average molecular weight is 392 g/mol. The van der Waals surface area contributed by atoms with Crippen molar-refractivity contribution >= 4 is 15.9 Å². The predicted octanol–water partition coefficient (Wildman–Crippen LogP) is 2.37. The molecule has 2 N–H and O–H groups in total. The van der Waals surface area contributed by atoms with E-state index in [1.165, 1.54) is 12.1 Å². The Morgan fingerprint density at radius 2 is 1.96 bits per heavy atom. The predicted molar refractivity (Wildman–Crippen MR) is 100 cm³/mol. The summed E-state index contributed by atoms with van der Waals surface area (Å²) in [5.41, 5.74) is 1.87. The molecular formula is C19H21FN2O4S. The minimum atomic E-state index is -4.08. The van der Waals surface area contributed by atoms with Crippen molar-refractivity contribution in [2.24, 2.45) is 0 Å². The van der Waals surface area contributed by atoms with Crippen molar-refractivity contribution in [1.29, 1.82) is 0 Å². The fraction of sp³-hybridized carbons (Fsp3) is 0.211. The average Bonchev–Trinajstić information content (AvgIpc) is 2.65. The van der Waals surface area contributed by atoms with Crippen molar-refractivity contribution in [3.63, 3.8) is 0 Å². The Kier molecular flexibility index (Phi) is 7.23. The number of methoxy groups -OCH3 is 1. The second-order valence-electron chi connectivity index (χ2n) is 5.72. The number of halogens is 1. The summed E-state index contributed by atoms with van der Waals surface area (Å²) in [4.78, 5) is 11.8. The van der Waals surface area contributed by atoms with E-state index in [2.05, 4.69) is 16.6 Å². The van der Waals surface area contributed by atoms with E-state index < -0.39 is 26.6 Å². The number of carbonyl (C=O) groups is 1. The summed E-state index contributed by atoms with van der Waals surface area (Å²) in [7, 11) is -2.48. The van der Waals surface area contributed by atoms with Gasteiger partial charge in [0.25, 0.3) is 5.91 Å². The Balaban J connectivity index is 2.14. The summed E-state index contributed by atoms with van der Waals surface area (Å²) in [5, 5.41) is 2.69. The topological polar surface area (TPSA) is 84.5 Å². The number of amides is 1. The maximum atomic E-state index is 13.9. The van der Waals surface area contributed by atoms with Crippen LogP contribution in [0.1, 0.15) is 21.5 Å². The molecule has 0 spiro atoms. The van der Waals surface area contributed by atoms with Gasteiger partial charge >= 0.3 is 0 Å². The van der Waals surface area contributed by atoms with Crippen LogP contribution in [-0.2, 0) is 27.9 Å². The normalized spacial score (nSPS) is 11.2. The lowest BCUT2D eigenvalue weighted by Gasteiger charge is -2.10. The second-order valence-corrected chi connectivity index (χ2v) is 7.46. The molecule has 1 amide bonds. The van der Waals surface area contributed by atoms with E-state index in [4.69, 9.17) is 4.74 Å². The lowest BCUT2D eigenvalue weighted by Crippen LogP contribution is -2.26. The summed E-state index contributed by atoms with van der Waals surface area (Å²) < 4.78 is 45.4. The van der Waals surface area contributed by atoms with Gasteiger partial charge in [-0.05, 0) is 29.3 Å².